The van der Waals surface area contributed by atoms with E-state index in [1.165, 1.54) is 29.7 Å². The molecular formula is C16H20ClN3. The standard InChI is InChI=1S/C16H20ClN3/c1-11-16(9-18-15-7-8-15)12(2)20(19-11)10-13-3-5-14(17)6-4-13/h3-6,15,18H,7-10H2,1-2H3. The molecule has 0 amide bonds. The summed E-state index contributed by atoms with van der Waals surface area (Å²) in [6.45, 7) is 5.98. The van der Waals surface area contributed by atoms with Crippen molar-refractivity contribution < 1.29 is 0 Å². The van der Waals surface area contributed by atoms with Crippen molar-refractivity contribution in [2.24, 2.45) is 0 Å². The molecule has 3 nitrogen and oxygen atoms in total. The van der Waals surface area contributed by atoms with Gasteiger partial charge in [-0.25, -0.2) is 0 Å². The van der Waals surface area contributed by atoms with E-state index in [0.29, 0.717) is 0 Å². The van der Waals surface area contributed by atoms with Crippen LogP contribution >= 0.6 is 11.6 Å². The second-order valence-corrected chi connectivity index (χ2v) is 6.03. The zero-order valence-electron chi connectivity index (χ0n) is 12.0. The Hall–Kier alpha value is -1.32. The van der Waals surface area contributed by atoms with Crippen LogP contribution in [0, 0.1) is 13.8 Å². The first-order valence-electron chi connectivity index (χ1n) is 7.14. The van der Waals surface area contributed by atoms with Gasteiger partial charge in [-0.1, -0.05) is 23.7 Å². The summed E-state index contributed by atoms with van der Waals surface area (Å²) in [5.74, 6) is 0. The summed E-state index contributed by atoms with van der Waals surface area (Å²) in [5, 5.41) is 9.01. The van der Waals surface area contributed by atoms with Gasteiger partial charge in [-0.2, -0.15) is 5.10 Å². The lowest BCUT2D eigenvalue weighted by atomic mass is 10.2. The van der Waals surface area contributed by atoms with Crippen molar-refractivity contribution in [3.05, 3.63) is 51.8 Å². The van der Waals surface area contributed by atoms with Gasteiger partial charge in [0, 0.05) is 28.9 Å². The fourth-order valence-corrected chi connectivity index (χ4v) is 2.57. The molecule has 1 aromatic carbocycles. The van der Waals surface area contributed by atoms with E-state index >= 15 is 0 Å². The van der Waals surface area contributed by atoms with Crippen LogP contribution in [0.1, 0.15) is 35.4 Å². The Kier molecular flexibility index (Phi) is 3.81. The maximum Gasteiger partial charge on any atom is 0.0662 e. The minimum Gasteiger partial charge on any atom is -0.310 e. The third-order valence-electron chi connectivity index (χ3n) is 3.92. The van der Waals surface area contributed by atoms with E-state index in [0.717, 1.165) is 29.8 Å². The summed E-state index contributed by atoms with van der Waals surface area (Å²) in [6.07, 6.45) is 2.63. The first kappa shape index (κ1) is 13.7. The highest BCUT2D eigenvalue weighted by atomic mass is 35.5. The van der Waals surface area contributed by atoms with Gasteiger partial charge in [0.05, 0.1) is 12.2 Å². The molecule has 1 aromatic heterocycles. The third kappa shape index (κ3) is 3.05. The molecule has 1 saturated carbocycles. The van der Waals surface area contributed by atoms with E-state index in [9.17, 15) is 0 Å². The van der Waals surface area contributed by atoms with E-state index in [1.807, 2.05) is 12.1 Å². The molecule has 1 aliphatic rings. The van der Waals surface area contributed by atoms with E-state index in [2.05, 4.69) is 41.1 Å². The highest BCUT2D eigenvalue weighted by Crippen LogP contribution is 2.21. The number of halogens is 1. The first-order chi connectivity index (χ1) is 9.63. The van der Waals surface area contributed by atoms with Gasteiger partial charge >= 0.3 is 0 Å². The van der Waals surface area contributed by atoms with Crippen molar-refractivity contribution in [2.45, 2.75) is 45.8 Å². The highest BCUT2D eigenvalue weighted by Gasteiger charge is 2.21. The van der Waals surface area contributed by atoms with Gasteiger partial charge in [0.2, 0.25) is 0 Å². The number of rotatable bonds is 5. The Morgan fingerprint density at radius 2 is 1.95 bits per heavy atom. The number of aryl methyl sites for hydroxylation is 1. The lowest BCUT2D eigenvalue weighted by molar-refractivity contribution is 0.652. The van der Waals surface area contributed by atoms with Crippen LogP contribution in [0.15, 0.2) is 24.3 Å². The Labute approximate surface area is 124 Å². The largest absolute Gasteiger partial charge is 0.310 e. The number of nitrogens with zero attached hydrogens (tertiary/aromatic N) is 2. The van der Waals surface area contributed by atoms with Crippen LogP contribution in [0.4, 0.5) is 0 Å². The van der Waals surface area contributed by atoms with Gasteiger partial charge in [-0.3, -0.25) is 4.68 Å². The van der Waals surface area contributed by atoms with E-state index in [-0.39, 0.29) is 0 Å². The quantitative estimate of drug-likeness (QED) is 0.914. The van der Waals surface area contributed by atoms with Crippen LogP contribution in [0.25, 0.3) is 0 Å². The van der Waals surface area contributed by atoms with Crippen LogP contribution in [0.2, 0.25) is 5.02 Å². The molecule has 0 spiro atoms. The first-order valence-corrected chi connectivity index (χ1v) is 7.52. The molecule has 20 heavy (non-hydrogen) atoms. The summed E-state index contributed by atoms with van der Waals surface area (Å²) >= 11 is 5.92. The molecule has 3 rings (SSSR count). The van der Waals surface area contributed by atoms with Crippen molar-refractivity contribution in [1.29, 1.82) is 0 Å². The van der Waals surface area contributed by atoms with Crippen molar-refractivity contribution in [3.8, 4) is 0 Å². The predicted molar refractivity (Wildman–Crippen MR) is 82.1 cm³/mol. The third-order valence-corrected chi connectivity index (χ3v) is 4.17. The minimum atomic E-state index is 0.730. The summed E-state index contributed by atoms with van der Waals surface area (Å²) in [4.78, 5) is 0. The zero-order chi connectivity index (χ0) is 14.1. The van der Waals surface area contributed by atoms with E-state index in [4.69, 9.17) is 11.6 Å². The Morgan fingerprint density at radius 1 is 1.25 bits per heavy atom. The summed E-state index contributed by atoms with van der Waals surface area (Å²) in [6, 6.07) is 8.70. The number of aromatic nitrogens is 2. The van der Waals surface area contributed by atoms with Crippen LogP contribution in [-0.2, 0) is 13.1 Å². The van der Waals surface area contributed by atoms with Gasteiger partial charge < -0.3 is 5.32 Å². The summed E-state index contributed by atoms with van der Waals surface area (Å²) in [7, 11) is 0. The predicted octanol–water partition coefficient (Wildman–Crippen LogP) is 3.45. The van der Waals surface area contributed by atoms with Crippen molar-refractivity contribution in [2.75, 3.05) is 0 Å². The van der Waals surface area contributed by atoms with Gasteiger partial charge in [0.1, 0.15) is 0 Å². The minimum absolute atomic E-state index is 0.730. The molecule has 0 atom stereocenters. The lowest BCUT2D eigenvalue weighted by Gasteiger charge is -2.06. The molecule has 1 aliphatic carbocycles. The SMILES string of the molecule is Cc1nn(Cc2ccc(Cl)cc2)c(C)c1CNC1CC1. The normalized spacial score (nSPS) is 14.8. The van der Waals surface area contributed by atoms with E-state index in [1.54, 1.807) is 0 Å². The second kappa shape index (κ2) is 5.58. The van der Waals surface area contributed by atoms with Crippen LogP contribution < -0.4 is 5.32 Å². The zero-order valence-corrected chi connectivity index (χ0v) is 12.7. The van der Waals surface area contributed by atoms with Gasteiger partial charge in [-0.15, -0.1) is 0 Å². The molecule has 0 bridgehead atoms. The molecule has 0 saturated heterocycles. The molecule has 1 heterocycles. The number of nitrogens with one attached hydrogen (secondary N) is 1. The monoisotopic (exact) mass is 289 g/mol. The maximum absolute atomic E-state index is 5.92. The molecule has 0 radical (unpaired) electrons. The van der Waals surface area contributed by atoms with Crippen molar-refractivity contribution in [1.82, 2.24) is 15.1 Å². The van der Waals surface area contributed by atoms with Gasteiger partial charge in [0.25, 0.3) is 0 Å². The van der Waals surface area contributed by atoms with Crippen LogP contribution in [0.5, 0.6) is 0 Å². The summed E-state index contributed by atoms with van der Waals surface area (Å²) < 4.78 is 2.09. The maximum atomic E-state index is 5.92. The molecule has 2 aromatic rings. The highest BCUT2D eigenvalue weighted by molar-refractivity contribution is 6.30. The molecule has 0 unspecified atom stereocenters. The van der Waals surface area contributed by atoms with E-state index < -0.39 is 0 Å². The Morgan fingerprint density at radius 3 is 2.60 bits per heavy atom. The molecule has 1 N–H and O–H groups in total. The fourth-order valence-electron chi connectivity index (χ4n) is 2.44. The Balaban J connectivity index is 1.75. The smallest absolute Gasteiger partial charge is 0.0662 e. The van der Waals surface area contributed by atoms with Crippen LogP contribution in [-0.4, -0.2) is 15.8 Å². The van der Waals surface area contributed by atoms with Gasteiger partial charge in [0.15, 0.2) is 0 Å². The molecule has 1 fully saturated rings. The fraction of sp³-hybridized carbons (Fsp3) is 0.438. The number of hydrogen-bond acceptors (Lipinski definition) is 2. The Bertz CT molecular complexity index is 597. The number of benzene rings is 1. The summed E-state index contributed by atoms with van der Waals surface area (Å²) in [5.41, 5.74) is 4.95. The topological polar surface area (TPSA) is 29.9 Å². The lowest BCUT2D eigenvalue weighted by Crippen LogP contribution is -2.16. The van der Waals surface area contributed by atoms with Crippen LogP contribution in [0.3, 0.4) is 0 Å². The van der Waals surface area contributed by atoms with Gasteiger partial charge in [-0.05, 0) is 44.4 Å². The molecule has 106 valence electrons. The molecule has 0 aliphatic heterocycles. The van der Waals surface area contributed by atoms with Crippen molar-refractivity contribution in [3.63, 3.8) is 0 Å². The molecule has 4 heteroatoms. The average molecular weight is 290 g/mol. The molecular weight excluding hydrogens is 270 g/mol. The second-order valence-electron chi connectivity index (χ2n) is 5.59. The average Bonchev–Trinajstić information content (AvgIpc) is 3.20. The van der Waals surface area contributed by atoms with Crippen molar-refractivity contribution >= 4 is 11.6 Å². The number of hydrogen-bond donors (Lipinski definition) is 1.